The van der Waals surface area contributed by atoms with E-state index in [0.717, 1.165) is 11.1 Å². The lowest BCUT2D eigenvalue weighted by Gasteiger charge is -2.09. The summed E-state index contributed by atoms with van der Waals surface area (Å²) in [6, 6.07) is 19.4. The number of methoxy groups -OCH3 is 2. The Labute approximate surface area is 202 Å². The van der Waals surface area contributed by atoms with Crippen LogP contribution >= 0.6 is 11.6 Å². The van der Waals surface area contributed by atoms with E-state index in [0.29, 0.717) is 34.4 Å². The molecule has 9 heteroatoms. The molecule has 0 unspecified atom stereocenters. The normalized spacial score (nSPS) is 10.6. The van der Waals surface area contributed by atoms with Crippen molar-refractivity contribution in [3.63, 3.8) is 0 Å². The molecule has 3 aromatic rings. The zero-order chi connectivity index (χ0) is 24.3. The number of carbonyl (C=O) groups excluding carboxylic acids is 2. The van der Waals surface area contributed by atoms with Crippen LogP contribution < -0.4 is 25.0 Å². The molecule has 0 radical (unpaired) electrons. The number of amides is 2. The van der Waals surface area contributed by atoms with Gasteiger partial charge in [0.25, 0.3) is 11.8 Å². The largest absolute Gasteiger partial charge is 0.493 e. The van der Waals surface area contributed by atoms with E-state index in [1.165, 1.54) is 26.5 Å². The Morgan fingerprint density at radius 3 is 2.32 bits per heavy atom. The highest BCUT2D eigenvalue weighted by atomic mass is 35.5. The molecule has 176 valence electrons. The SMILES string of the molecule is COc1ccc(C(=O)NCC(=O)N/N=C/c2ccc(OCc3ccc(Cl)cc3)cc2)cc1OC. The van der Waals surface area contributed by atoms with Crippen molar-refractivity contribution >= 4 is 29.6 Å². The maximum atomic E-state index is 12.3. The van der Waals surface area contributed by atoms with Crippen molar-refractivity contribution in [2.45, 2.75) is 6.61 Å². The first-order valence-corrected chi connectivity index (χ1v) is 10.7. The average molecular weight is 482 g/mol. The minimum Gasteiger partial charge on any atom is -0.493 e. The van der Waals surface area contributed by atoms with Gasteiger partial charge < -0.3 is 19.5 Å². The Balaban J connectivity index is 1.42. The smallest absolute Gasteiger partial charge is 0.259 e. The third-order valence-electron chi connectivity index (χ3n) is 4.66. The van der Waals surface area contributed by atoms with E-state index in [-0.39, 0.29) is 6.54 Å². The standard InChI is InChI=1S/C25H24ClN3O5/c1-32-22-12-7-19(13-23(22)33-2)25(31)27-15-24(30)29-28-14-17-5-10-21(11-6-17)34-16-18-3-8-20(26)9-4-18/h3-14H,15-16H2,1-2H3,(H,27,31)(H,29,30)/b28-14+. The molecule has 0 saturated heterocycles. The Morgan fingerprint density at radius 2 is 1.65 bits per heavy atom. The number of hydrogen-bond donors (Lipinski definition) is 2. The molecule has 8 nitrogen and oxygen atoms in total. The first-order chi connectivity index (χ1) is 16.5. The Morgan fingerprint density at radius 1 is 0.941 bits per heavy atom. The molecule has 0 bridgehead atoms. The van der Waals surface area contributed by atoms with Gasteiger partial charge in [0.15, 0.2) is 11.5 Å². The molecule has 0 aliphatic rings. The van der Waals surface area contributed by atoms with Gasteiger partial charge in [-0.1, -0.05) is 23.7 Å². The van der Waals surface area contributed by atoms with Gasteiger partial charge in [0.05, 0.1) is 27.0 Å². The van der Waals surface area contributed by atoms with E-state index in [4.69, 9.17) is 25.8 Å². The van der Waals surface area contributed by atoms with Crippen molar-refractivity contribution in [2.75, 3.05) is 20.8 Å². The minimum atomic E-state index is -0.465. The second-order valence-electron chi connectivity index (χ2n) is 7.03. The molecule has 2 N–H and O–H groups in total. The van der Waals surface area contributed by atoms with Crippen LogP contribution in [0.4, 0.5) is 0 Å². The van der Waals surface area contributed by atoms with E-state index in [2.05, 4.69) is 15.8 Å². The van der Waals surface area contributed by atoms with E-state index in [1.807, 2.05) is 48.5 Å². The second-order valence-corrected chi connectivity index (χ2v) is 7.47. The van der Waals surface area contributed by atoms with Gasteiger partial charge in [0.1, 0.15) is 12.4 Å². The van der Waals surface area contributed by atoms with E-state index >= 15 is 0 Å². The van der Waals surface area contributed by atoms with Gasteiger partial charge in [-0.2, -0.15) is 5.10 Å². The number of hydrogen-bond acceptors (Lipinski definition) is 6. The van der Waals surface area contributed by atoms with E-state index < -0.39 is 11.8 Å². The number of halogens is 1. The summed E-state index contributed by atoms with van der Waals surface area (Å²) < 4.78 is 16.1. The molecule has 0 fully saturated rings. The third kappa shape index (κ3) is 7.25. The highest BCUT2D eigenvalue weighted by Crippen LogP contribution is 2.27. The molecule has 3 aromatic carbocycles. The number of hydrazone groups is 1. The van der Waals surface area contributed by atoms with Crippen molar-refractivity contribution in [3.05, 3.63) is 88.4 Å². The number of rotatable bonds is 10. The maximum Gasteiger partial charge on any atom is 0.259 e. The topological polar surface area (TPSA) is 98.2 Å². The molecule has 0 heterocycles. The van der Waals surface area contributed by atoms with Crippen LogP contribution in [0.25, 0.3) is 0 Å². The molecule has 0 aliphatic heterocycles. The van der Waals surface area contributed by atoms with Crippen LogP contribution in [-0.4, -0.2) is 38.8 Å². The van der Waals surface area contributed by atoms with Crippen LogP contribution in [0.2, 0.25) is 5.02 Å². The van der Waals surface area contributed by atoms with Gasteiger partial charge in [0.2, 0.25) is 0 Å². The number of carbonyl (C=O) groups is 2. The summed E-state index contributed by atoms with van der Waals surface area (Å²) in [6.45, 7) is 0.192. The quantitative estimate of drug-likeness (QED) is 0.339. The monoisotopic (exact) mass is 481 g/mol. The Hall–Kier alpha value is -4.04. The van der Waals surface area contributed by atoms with Gasteiger partial charge in [-0.25, -0.2) is 5.43 Å². The van der Waals surface area contributed by atoms with Crippen LogP contribution in [-0.2, 0) is 11.4 Å². The highest BCUT2D eigenvalue weighted by molar-refractivity contribution is 6.30. The van der Waals surface area contributed by atoms with Crippen LogP contribution in [0.1, 0.15) is 21.5 Å². The summed E-state index contributed by atoms with van der Waals surface area (Å²) in [5.41, 5.74) is 4.50. The third-order valence-corrected chi connectivity index (χ3v) is 4.91. The summed E-state index contributed by atoms with van der Waals surface area (Å²) in [5, 5.41) is 7.12. The fourth-order valence-corrected chi connectivity index (χ4v) is 2.98. The van der Waals surface area contributed by atoms with Crippen molar-refractivity contribution in [1.82, 2.24) is 10.7 Å². The van der Waals surface area contributed by atoms with Crippen LogP contribution in [0.15, 0.2) is 71.8 Å². The van der Waals surface area contributed by atoms with Crippen LogP contribution in [0, 0.1) is 0 Å². The zero-order valence-corrected chi connectivity index (χ0v) is 19.5. The summed E-state index contributed by atoms with van der Waals surface area (Å²) >= 11 is 5.88. The van der Waals surface area contributed by atoms with Crippen molar-refractivity contribution in [1.29, 1.82) is 0 Å². The molecule has 0 aromatic heterocycles. The second kappa shape index (κ2) is 12.3. The van der Waals surface area contributed by atoms with Crippen molar-refractivity contribution in [3.8, 4) is 17.2 Å². The average Bonchev–Trinajstić information content (AvgIpc) is 2.87. The molecular formula is C25H24ClN3O5. The lowest BCUT2D eigenvalue weighted by molar-refractivity contribution is -0.120. The molecular weight excluding hydrogens is 458 g/mol. The van der Waals surface area contributed by atoms with Gasteiger partial charge in [0, 0.05) is 10.6 Å². The van der Waals surface area contributed by atoms with E-state index in [9.17, 15) is 9.59 Å². The fourth-order valence-electron chi connectivity index (χ4n) is 2.86. The minimum absolute atomic E-state index is 0.234. The fraction of sp³-hybridized carbons (Fsp3) is 0.160. The van der Waals surface area contributed by atoms with Crippen molar-refractivity contribution < 1.29 is 23.8 Å². The maximum absolute atomic E-state index is 12.3. The zero-order valence-electron chi connectivity index (χ0n) is 18.7. The first kappa shape index (κ1) is 24.6. The number of benzene rings is 3. The summed E-state index contributed by atoms with van der Waals surface area (Å²) in [5.74, 6) is 0.745. The lowest BCUT2D eigenvalue weighted by Crippen LogP contribution is -2.34. The Kier molecular flexibility index (Phi) is 8.88. The molecule has 0 atom stereocenters. The van der Waals surface area contributed by atoms with Gasteiger partial charge in [-0.3, -0.25) is 9.59 Å². The molecule has 3 rings (SSSR count). The number of nitrogens with one attached hydrogen (secondary N) is 2. The van der Waals surface area contributed by atoms with E-state index in [1.54, 1.807) is 12.1 Å². The Bertz CT molecular complexity index is 1150. The van der Waals surface area contributed by atoms with Gasteiger partial charge in [-0.05, 0) is 65.7 Å². The molecule has 0 aliphatic carbocycles. The molecule has 0 saturated carbocycles. The predicted molar refractivity (Wildman–Crippen MR) is 130 cm³/mol. The predicted octanol–water partition coefficient (Wildman–Crippen LogP) is 3.82. The van der Waals surface area contributed by atoms with Crippen LogP contribution in [0.3, 0.4) is 0 Å². The number of nitrogens with zero attached hydrogens (tertiary/aromatic N) is 1. The summed E-state index contributed by atoms with van der Waals surface area (Å²) in [6.07, 6.45) is 1.50. The highest BCUT2D eigenvalue weighted by Gasteiger charge is 2.11. The lowest BCUT2D eigenvalue weighted by atomic mass is 10.2. The summed E-state index contributed by atoms with van der Waals surface area (Å²) in [4.78, 5) is 24.2. The number of ether oxygens (including phenoxy) is 3. The van der Waals surface area contributed by atoms with Gasteiger partial charge in [-0.15, -0.1) is 0 Å². The summed E-state index contributed by atoms with van der Waals surface area (Å²) in [7, 11) is 2.99. The first-order valence-electron chi connectivity index (χ1n) is 10.3. The van der Waals surface area contributed by atoms with Gasteiger partial charge >= 0.3 is 0 Å². The van der Waals surface area contributed by atoms with Crippen LogP contribution in [0.5, 0.6) is 17.2 Å². The molecule has 2 amide bonds. The molecule has 0 spiro atoms. The molecule has 34 heavy (non-hydrogen) atoms. The van der Waals surface area contributed by atoms with Crippen molar-refractivity contribution in [2.24, 2.45) is 5.10 Å².